The van der Waals surface area contributed by atoms with Gasteiger partial charge in [-0.05, 0) is 45.6 Å². The summed E-state index contributed by atoms with van der Waals surface area (Å²) in [5.74, 6) is -0.165. The Balaban J connectivity index is 2.06. The van der Waals surface area contributed by atoms with Crippen molar-refractivity contribution in [1.29, 1.82) is 0 Å². The molecule has 1 saturated carbocycles. The van der Waals surface area contributed by atoms with E-state index < -0.39 is 0 Å². The van der Waals surface area contributed by atoms with Crippen LogP contribution in [0.2, 0.25) is 0 Å². The first kappa shape index (κ1) is 19.9. The molecule has 0 bridgehead atoms. The van der Waals surface area contributed by atoms with Crippen LogP contribution in [0.5, 0.6) is 0 Å². The van der Waals surface area contributed by atoms with Crippen LogP contribution < -0.4 is 10.6 Å². The van der Waals surface area contributed by atoms with E-state index in [0.29, 0.717) is 12.1 Å². The van der Waals surface area contributed by atoms with E-state index in [-0.39, 0.29) is 30.1 Å². The Morgan fingerprint density at radius 1 is 1.04 bits per heavy atom. The predicted molar refractivity (Wildman–Crippen MR) is 102 cm³/mol. The summed E-state index contributed by atoms with van der Waals surface area (Å²) in [5.41, 5.74) is 1.25. The highest BCUT2D eigenvalue weighted by molar-refractivity contribution is 5.73. The fraction of sp³-hybridized carbons (Fsp3) is 0.667. The molecule has 4 heteroatoms. The molecule has 0 unspecified atom stereocenters. The molecule has 1 aliphatic carbocycles. The minimum Gasteiger partial charge on any atom is -0.463 e. The van der Waals surface area contributed by atoms with Crippen molar-refractivity contribution in [2.75, 3.05) is 0 Å². The monoisotopic (exact) mass is 346 g/mol. The topological polar surface area (TPSA) is 50.4 Å². The van der Waals surface area contributed by atoms with Crippen LogP contribution in [0.1, 0.15) is 65.5 Å². The molecule has 1 fully saturated rings. The van der Waals surface area contributed by atoms with Crippen LogP contribution in [0.4, 0.5) is 0 Å². The van der Waals surface area contributed by atoms with Crippen LogP contribution in [0, 0.1) is 5.92 Å². The number of benzene rings is 1. The van der Waals surface area contributed by atoms with Crippen molar-refractivity contribution >= 4 is 5.97 Å². The fourth-order valence-corrected chi connectivity index (χ4v) is 3.73. The zero-order valence-electron chi connectivity index (χ0n) is 16.3. The van der Waals surface area contributed by atoms with Crippen molar-refractivity contribution in [1.82, 2.24) is 10.6 Å². The lowest BCUT2D eigenvalue weighted by atomic mass is 9.80. The van der Waals surface area contributed by atoms with E-state index in [2.05, 4.69) is 55.7 Å². The van der Waals surface area contributed by atoms with Gasteiger partial charge in [0.1, 0.15) is 0 Å². The zero-order chi connectivity index (χ0) is 18.4. The third kappa shape index (κ3) is 6.12. The summed E-state index contributed by atoms with van der Waals surface area (Å²) in [6.07, 6.45) is 2.84. The van der Waals surface area contributed by atoms with Gasteiger partial charge in [-0.2, -0.15) is 0 Å². The van der Waals surface area contributed by atoms with Gasteiger partial charge in [0, 0.05) is 24.2 Å². The number of hydrogen-bond donors (Lipinski definition) is 2. The Morgan fingerprint density at radius 3 is 2.32 bits per heavy atom. The number of rotatable bonds is 7. The molecule has 1 aromatic rings. The Labute approximate surface area is 152 Å². The molecule has 0 radical (unpaired) electrons. The van der Waals surface area contributed by atoms with Crippen molar-refractivity contribution in [2.24, 2.45) is 5.92 Å². The number of hydrogen-bond acceptors (Lipinski definition) is 4. The minimum absolute atomic E-state index is 0.0667. The number of ether oxygens (including phenoxy) is 1. The van der Waals surface area contributed by atoms with E-state index in [1.807, 2.05) is 19.9 Å². The van der Waals surface area contributed by atoms with E-state index in [9.17, 15) is 4.79 Å². The lowest BCUT2D eigenvalue weighted by Gasteiger charge is -2.38. The molecule has 1 aromatic carbocycles. The number of carbonyl (C=O) groups is 1. The molecule has 140 valence electrons. The molecular weight excluding hydrogens is 312 g/mol. The van der Waals surface area contributed by atoms with E-state index in [0.717, 1.165) is 19.3 Å². The van der Waals surface area contributed by atoms with E-state index in [4.69, 9.17) is 4.74 Å². The lowest BCUT2D eigenvalue weighted by molar-refractivity contribution is -0.155. The summed E-state index contributed by atoms with van der Waals surface area (Å²) >= 11 is 0. The van der Waals surface area contributed by atoms with Crippen molar-refractivity contribution in [3.05, 3.63) is 35.9 Å². The first-order valence-electron chi connectivity index (χ1n) is 9.64. The summed E-state index contributed by atoms with van der Waals surface area (Å²) in [7, 11) is 0. The molecule has 1 aliphatic rings. The first-order valence-corrected chi connectivity index (χ1v) is 9.64. The van der Waals surface area contributed by atoms with Gasteiger partial charge in [0.15, 0.2) is 0 Å². The van der Waals surface area contributed by atoms with Gasteiger partial charge < -0.3 is 15.4 Å². The summed E-state index contributed by atoms with van der Waals surface area (Å²) < 4.78 is 5.55. The third-order valence-corrected chi connectivity index (χ3v) is 4.84. The molecule has 4 atom stereocenters. The maximum absolute atomic E-state index is 12.7. The smallest absolute Gasteiger partial charge is 0.310 e. The number of carbonyl (C=O) groups excluding carboxylic acids is 1. The second-order valence-electron chi connectivity index (χ2n) is 7.83. The van der Waals surface area contributed by atoms with Gasteiger partial charge in [-0.1, -0.05) is 44.2 Å². The largest absolute Gasteiger partial charge is 0.463 e. The van der Waals surface area contributed by atoms with Gasteiger partial charge in [-0.3, -0.25) is 4.79 Å². The Bertz CT molecular complexity index is 530. The van der Waals surface area contributed by atoms with Gasteiger partial charge in [-0.25, -0.2) is 0 Å². The van der Waals surface area contributed by atoms with Crippen LogP contribution in [-0.4, -0.2) is 30.2 Å². The van der Waals surface area contributed by atoms with Crippen LogP contribution >= 0.6 is 0 Å². The highest BCUT2D eigenvalue weighted by atomic mass is 16.5. The molecule has 0 amide bonds. The highest BCUT2D eigenvalue weighted by Crippen LogP contribution is 2.29. The normalized spacial score (nSPS) is 25.2. The average Bonchev–Trinajstić information content (AvgIpc) is 2.55. The van der Waals surface area contributed by atoms with Crippen LogP contribution in [0.15, 0.2) is 30.3 Å². The van der Waals surface area contributed by atoms with Crippen molar-refractivity contribution < 1.29 is 9.53 Å². The molecule has 0 saturated heterocycles. The van der Waals surface area contributed by atoms with E-state index in [1.165, 1.54) is 5.56 Å². The molecule has 0 heterocycles. The van der Waals surface area contributed by atoms with Crippen molar-refractivity contribution in [3.63, 3.8) is 0 Å². The standard InChI is InChI=1S/C21H34N2O2/c1-14(2)22-18-11-12-20(19(13-18)21(24)25-15(3)4)23-16(5)17-9-7-6-8-10-17/h6-10,14-16,18-20,22-23H,11-13H2,1-5H3/t16-,18+,19+,20-/m0/s1. The lowest BCUT2D eigenvalue weighted by Crippen LogP contribution is -2.50. The summed E-state index contributed by atoms with van der Waals surface area (Å²) in [5, 5.41) is 7.27. The predicted octanol–water partition coefficient (Wildman–Crippen LogP) is 3.82. The van der Waals surface area contributed by atoms with Gasteiger partial charge >= 0.3 is 5.97 Å². The van der Waals surface area contributed by atoms with E-state index >= 15 is 0 Å². The van der Waals surface area contributed by atoms with Gasteiger partial charge in [-0.15, -0.1) is 0 Å². The van der Waals surface area contributed by atoms with Crippen molar-refractivity contribution in [3.8, 4) is 0 Å². The number of esters is 1. The summed E-state index contributed by atoms with van der Waals surface area (Å²) in [4.78, 5) is 12.7. The Kier molecular flexibility index (Phi) is 7.45. The van der Waals surface area contributed by atoms with Gasteiger partial charge in [0.25, 0.3) is 0 Å². The fourth-order valence-electron chi connectivity index (χ4n) is 3.73. The molecule has 0 aromatic heterocycles. The zero-order valence-corrected chi connectivity index (χ0v) is 16.3. The van der Waals surface area contributed by atoms with Gasteiger partial charge in [0.05, 0.1) is 12.0 Å². The molecule has 2 rings (SSSR count). The van der Waals surface area contributed by atoms with Gasteiger partial charge in [0.2, 0.25) is 0 Å². The summed E-state index contributed by atoms with van der Waals surface area (Å²) in [6.45, 7) is 10.3. The third-order valence-electron chi connectivity index (χ3n) is 4.84. The van der Waals surface area contributed by atoms with E-state index in [1.54, 1.807) is 0 Å². The van der Waals surface area contributed by atoms with Crippen molar-refractivity contribution in [2.45, 2.75) is 84.2 Å². The summed E-state index contributed by atoms with van der Waals surface area (Å²) in [6, 6.07) is 11.6. The Hall–Kier alpha value is -1.39. The molecule has 25 heavy (non-hydrogen) atoms. The van der Waals surface area contributed by atoms with Crippen LogP contribution in [0.3, 0.4) is 0 Å². The maximum Gasteiger partial charge on any atom is 0.310 e. The van der Waals surface area contributed by atoms with Crippen LogP contribution in [-0.2, 0) is 9.53 Å². The second kappa shape index (κ2) is 9.35. The molecule has 0 spiro atoms. The molecular formula is C21H34N2O2. The molecule has 4 nitrogen and oxygen atoms in total. The SMILES string of the molecule is CC(C)N[C@@H]1CC[C@H](N[C@@H](C)c2ccccc2)[C@H](C(=O)OC(C)C)C1. The Morgan fingerprint density at radius 2 is 1.72 bits per heavy atom. The number of nitrogens with one attached hydrogen (secondary N) is 2. The molecule has 2 N–H and O–H groups in total. The maximum atomic E-state index is 12.7. The average molecular weight is 347 g/mol. The quantitative estimate of drug-likeness (QED) is 0.737. The molecule has 0 aliphatic heterocycles. The highest BCUT2D eigenvalue weighted by Gasteiger charge is 2.37. The van der Waals surface area contributed by atoms with Crippen LogP contribution in [0.25, 0.3) is 0 Å². The first-order chi connectivity index (χ1) is 11.9. The minimum atomic E-state index is -0.0986. The second-order valence-corrected chi connectivity index (χ2v) is 7.83.